The summed E-state index contributed by atoms with van der Waals surface area (Å²) in [5.74, 6) is 1.16. The van der Waals surface area contributed by atoms with E-state index in [0.29, 0.717) is 41.5 Å². The first kappa shape index (κ1) is 34.4. The number of amidine groups is 1. The summed E-state index contributed by atoms with van der Waals surface area (Å²) in [6.45, 7) is 8.78. The molecule has 2 aliphatic rings. The summed E-state index contributed by atoms with van der Waals surface area (Å²) < 4.78 is 8.10. The van der Waals surface area contributed by atoms with Crippen LogP contribution in [-0.2, 0) is 6.61 Å². The highest BCUT2D eigenvalue weighted by molar-refractivity contribution is 6.05. The quantitative estimate of drug-likeness (QED) is 0.142. The SMILES string of the molecule is C[C@H]1CCCCN1C(=N)n1cc(OC2CCC(NC(=O)NC(C=C(N)C(C)(C)C)=Nc3cccc(CO)c3)c3ccccc32)ccc1=N. The molecule has 1 fully saturated rings. The van der Waals surface area contributed by atoms with Gasteiger partial charge in [-0.25, -0.2) is 9.79 Å². The number of amides is 2. The number of aliphatic hydroxyl groups excluding tert-OH is 1. The highest BCUT2D eigenvalue weighted by Gasteiger charge is 2.30. The first-order chi connectivity index (χ1) is 22.9. The van der Waals surface area contributed by atoms with E-state index in [9.17, 15) is 9.90 Å². The molecule has 7 N–H and O–H groups in total. The monoisotopic (exact) mass is 652 g/mol. The normalized spacial score (nSPS) is 20.1. The molecular formula is C37H48N8O3. The predicted molar refractivity (Wildman–Crippen MR) is 188 cm³/mol. The van der Waals surface area contributed by atoms with Crippen LogP contribution in [0.2, 0.25) is 0 Å². The van der Waals surface area contributed by atoms with Crippen LogP contribution in [0.25, 0.3) is 0 Å². The molecule has 48 heavy (non-hydrogen) atoms. The lowest BCUT2D eigenvalue weighted by Crippen LogP contribution is -2.47. The maximum Gasteiger partial charge on any atom is 0.320 e. The number of piperidine rings is 1. The van der Waals surface area contributed by atoms with Gasteiger partial charge in [0.25, 0.3) is 0 Å². The zero-order chi connectivity index (χ0) is 34.4. The average molecular weight is 653 g/mol. The van der Waals surface area contributed by atoms with Gasteiger partial charge in [-0.3, -0.25) is 20.7 Å². The Bertz CT molecular complexity index is 1760. The van der Waals surface area contributed by atoms with Crippen molar-refractivity contribution in [3.05, 3.63) is 101 Å². The van der Waals surface area contributed by atoms with Crippen molar-refractivity contribution in [2.75, 3.05) is 6.54 Å². The molecule has 2 aromatic carbocycles. The maximum absolute atomic E-state index is 13.4. The summed E-state index contributed by atoms with van der Waals surface area (Å²) in [6.07, 6.45) is 7.66. The summed E-state index contributed by atoms with van der Waals surface area (Å²) in [6, 6.07) is 18.1. The number of pyridine rings is 1. The number of aliphatic hydroxyl groups is 1. The predicted octanol–water partition coefficient (Wildman–Crippen LogP) is 5.99. The number of aromatic nitrogens is 1. The number of nitrogens with two attached hydrogens (primary N) is 1. The van der Waals surface area contributed by atoms with Crippen molar-refractivity contribution in [3.63, 3.8) is 0 Å². The number of fused-ring (bicyclic) bond motifs is 1. The first-order valence-electron chi connectivity index (χ1n) is 16.6. The number of urea groups is 1. The lowest BCUT2D eigenvalue weighted by molar-refractivity contribution is 0.170. The van der Waals surface area contributed by atoms with Crippen molar-refractivity contribution >= 4 is 23.5 Å². The minimum absolute atomic E-state index is 0.116. The molecule has 1 aliphatic heterocycles. The molecular weight excluding hydrogens is 604 g/mol. The molecule has 5 rings (SSSR count). The number of ether oxygens (including phenoxy) is 1. The number of carbonyl (C=O) groups excluding carboxylic acids is 1. The van der Waals surface area contributed by atoms with Crippen LogP contribution < -0.4 is 26.6 Å². The summed E-state index contributed by atoms with van der Waals surface area (Å²) >= 11 is 0. The second-order valence-electron chi connectivity index (χ2n) is 13.6. The molecule has 2 unspecified atom stereocenters. The zero-order valence-corrected chi connectivity index (χ0v) is 28.3. The Morgan fingerprint density at radius 1 is 1.08 bits per heavy atom. The average Bonchev–Trinajstić information content (AvgIpc) is 3.06. The second kappa shape index (κ2) is 14.9. The third-order valence-corrected chi connectivity index (χ3v) is 8.99. The topological polar surface area (TPSA) is 165 Å². The largest absolute Gasteiger partial charge is 0.484 e. The van der Waals surface area contributed by atoms with Gasteiger partial charge in [0.15, 0.2) is 0 Å². The van der Waals surface area contributed by atoms with Crippen LogP contribution in [0.1, 0.15) is 88.6 Å². The molecule has 0 saturated carbocycles. The third-order valence-electron chi connectivity index (χ3n) is 8.99. The van der Waals surface area contributed by atoms with E-state index in [2.05, 4.69) is 27.4 Å². The van der Waals surface area contributed by atoms with Gasteiger partial charge < -0.3 is 25.8 Å². The summed E-state index contributed by atoms with van der Waals surface area (Å²) in [4.78, 5) is 20.1. The number of allylic oxidation sites excluding steroid dienone is 1. The van der Waals surface area contributed by atoms with E-state index in [-0.39, 0.29) is 41.5 Å². The van der Waals surface area contributed by atoms with Gasteiger partial charge in [-0.05, 0) is 80.0 Å². The Morgan fingerprint density at radius 2 is 1.85 bits per heavy atom. The highest BCUT2D eigenvalue weighted by atomic mass is 16.5. The Kier molecular flexibility index (Phi) is 10.7. The highest BCUT2D eigenvalue weighted by Crippen LogP contribution is 2.38. The second-order valence-corrected chi connectivity index (χ2v) is 13.6. The lowest BCUT2D eigenvalue weighted by atomic mass is 9.85. The molecule has 3 atom stereocenters. The van der Waals surface area contributed by atoms with Crippen molar-refractivity contribution < 1.29 is 14.6 Å². The first-order valence-corrected chi connectivity index (χ1v) is 16.6. The number of likely N-dealkylation sites (tertiary alicyclic amines) is 1. The van der Waals surface area contributed by atoms with Crippen molar-refractivity contribution in [2.45, 2.75) is 84.6 Å². The number of aliphatic imine (C=N–C) groups is 1. The van der Waals surface area contributed by atoms with Gasteiger partial charge >= 0.3 is 6.03 Å². The Morgan fingerprint density at radius 3 is 2.58 bits per heavy atom. The molecule has 2 heterocycles. The van der Waals surface area contributed by atoms with E-state index in [4.69, 9.17) is 21.3 Å². The lowest BCUT2D eigenvalue weighted by Gasteiger charge is -2.36. The molecule has 254 valence electrons. The Labute approximate surface area is 282 Å². The fourth-order valence-corrected chi connectivity index (χ4v) is 6.10. The van der Waals surface area contributed by atoms with Gasteiger partial charge in [-0.1, -0.05) is 57.2 Å². The molecule has 1 aliphatic carbocycles. The van der Waals surface area contributed by atoms with E-state index in [0.717, 1.165) is 36.9 Å². The van der Waals surface area contributed by atoms with Crippen LogP contribution in [0.5, 0.6) is 5.75 Å². The van der Waals surface area contributed by atoms with Gasteiger partial charge in [0.2, 0.25) is 5.96 Å². The number of hydrogen-bond donors (Lipinski definition) is 6. The fraction of sp³-hybridized carbons (Fsp3) is 0.405. The maximum atomic E-state index is 13.4. The smallest absolute Gasteiger partial charge is 0.320 e. The summed E-state index contributed by atoms with van der Waals surface area (Å²) in [5.41, 5.74) is 10.0. The van der Waals surface area contributed by atoms with E-state index in [1.807, 2.05) is 45.0 Å². The van der Waals surface area contributed by atoms with E-state index < -0.39 is 6.03 Å². The molecule has 0 bridgehead atoms. The van der Waals surface area contributed by atoms with Gasteiger partial charge in [0.05, 0.1) is 24.5 Å². The number of nitrogens with zero attached hydrogens (tertiary/aromatic N) is 3. The summed E-state index contributed by atoms with van der Waals surface area (Å²) in [5, 5.41) is 32.9. The van der Waals surface area contributed by atoms with Gasteiger partial charge in [-0.15, -0.1) is 0 Å². The molecule has 0 spiro atoms. The van der Waals surface area contributed by atoms with Crippen molar-refractivity contribution in [2.24, 2.45) is 16.1 Å². The standard InChI is InChI=1S/C37H48N8O3/c1-24-10-7-8-19-44(24)35(40)45-22-27(15-18-33(45)39)48-31-17-16-30(28-13-5-6-14-29(28)31)42-36(47)43-34(21-32(38)37(2,3)4)41-26-12-9-11-25(20-26)23-46/h5-6,9,11-15,18,20-22,24,30-31,39-40,46H,7-8,10,16-17,19,23,38H2,1-4H3,(H2,41,42,43,47)/t24-,30?,31?/m0/s1. The minimum Gasteiger partial charge on any atom is -0.484 e. The minimum atomic E-state index is -0.415. The van der Waals surface area contributed by atoms with E-state index in [1.54, 1.807) is 53.2 Å². The van der Waals surface area contributed by atoms with Crippen LogP contribution in [-0.4, -0.2) is 45.0 Å². The summed E-state index contributed by atoms with van der Waals surface area (Å²) in [7, 11) is 0. The zero-order valence-electron chi connectivity index (χ0n) is 28.3. The number of benzene rings is 2. The van der Waals surface area contributed by atoms with E-state index >= 15 is 0 Å². The van der Waals surface area contributed by atoms with Crippen molar-refractivity contribution in [1.82, 2.24) is 20.1 Å². The van der Waals surface area contributed by atoms with Crippen molar-refractivity contribution in [3.8, 4) is 5.75 Å². The number of nitrogens with one attached hydrogen (secondary N) is 4. The van der Waals surface area contributed by atoms with Gasteiger partial charge in [-0.2, -0.15) is 0 Å². The van der Waals surface area contributed by atoms with Gasteiger partial charge in [0, 0.05) is 29.8 Å². The van der Waals surface area contributed by atoms with Crippen LogP contribution in [0, 0.1) is 16.2 Å². The molecule has 0 radical (unpaired) electrons. The fourth-order valence-electron chi connectivity index (χ4n) is 6.10. The molecule has 3 aromatic rings. The molecule has 2 amide bonds. The number of carbonyl (C=O) groups is 1. The van der Waals surface area contributed by atoms with Crippen LogP contribution in [0.3, 0.4) is 0 Å². The molecule has 1 saturated heterocycles. The molecule has 11 nitrogen and oxygen atoms in total. The Hall–Kier alpha value is -4.90. The van der Waals surface area contributed by atoms with Gasteiger partial charge in [0.1, 0.15) is 23.2 Å². The number of hydrogen-bond acceptors (Lipinski definition) is 7. The number of rotatable bonds is 6. The van der Waals surface area contributed by atoms with Crippen LogP contribution in [0.15, 0.2) is 83.6 Å². The van der Waals surface area contributed by atoms with Crippen LogP contribution in [0.4, 0.5) is 10.5 Å². The molecule has 11 heteroatoms. The molecule has 1 aromatic heterocycles. The Balaban J connectivity index is 1.33. The van der Waals surface area contributed by atoms with Crippen molar-refractivity contribution in [1.29, 1.82) is 10.8 Å². The van der Waals surface area contributed by atoms with Crippen LogP contribution >= 0.6 is 0 Å². The third kappa shape index (κ3) is 8.32. The van der Waals surface area contributed by atoms with E-state index in [1.165, 1.54) is 0 Å².